The van der Waals surface area contributed by atoms with Gasteiger partial charge in [-0.1, -0.05) is 164 Å². The van der Waals surface area contributed by atoms with Crippen LogP contribution in [0.5, 0.6) is 0 Å². The van der Waals surface area contributed by atoms with E-state index in [-0.39, 0.29) is 0 Å². The Bertz CT molecular complexity index is 3260. The lowest BCUT2D eigenvalue weighted by Gasteiger charge is -2.26. The van der Waals surface area contributed by atoms with Crippen LogP contribution in [0.2, 0.25) is 0 Å². The Labute approximate surface area is 338 Å². The number of benzene rings is 10. The molecule has 0 aliphatic rings. The topological polar surface area (TPSA) is 8.17 Å². The van der Waals surface area contributed by atoms with Crippen molar-refractivity contribution in [3.05, 3.63) is 231 Å². The summed E-state index contributed by atoms with van der Waals surface area (Å²) in [6.45, 7) is 0. The van der Waals surface area contributed by atoms with E-state index in [0.717, 1.165) is 22.7 Å². The molecule has 0 spiro atoms. The summed E-state index contributed by atoms with van der Waals surface area (Å²) < 4.78 is 2.39. The predicted octanol–water partition coefficient (Wildman–Crippen LogP) is 15.6. The van der Waals surface area contributed by atoms with Crippen LogP contribution in [0.1, 0.15) is 0 Å². The number of anilines is 3. The van der Waals surface area contributed by atoms with Gasteiger partial charge in [0.1, 0.15) is 0 Å². The average Bonchev–Trinajstić information content (AvgIpc) is 3.64. The van der Waals surface area contributed by atoms with Gasteiger partial charge in [-0.15, -0.1) is 0 Å². The lowest BCUT2D eigenvalue weighted by molar-refractivity contribution is 1.18. The minimum absolute atomic E-state index is 1.10. The third-order valence-corrected chi connectivity index (χ3v) is 11.6. The molecule has 0 fully saturated rings. The molecule has 11 aromatic rings. The zero-order valence-corrected chi connectivity index (χ0v) is 31.8. The molecule has 1 heterocycles. The quantitative estimate of drug-likeness (QED) is 0.158. The summed E-state index contributed by atoms with van der Waals surface area (Å²) in [5, 5.41) is 7.50. The molecule has 0 N–H and O–H groups in total. The zero-order valence-electron chi connectivity index (χ0n) is 31.8. The highest BCUT2D eigenvalue weighted by Gasteiger charge is 2.19. The molecule has 0 amide bonds. The van der Waals surface area contributed by atoms with Crippen LogP contribution in [0.4, 0.5) is 17.1 Å². The van der Waals surface area contributed by atoms with Gasteiger partial charge in [0, 0.05) is 33.5 Å². The first-order valence-corrected chi connectivity index (χ1v) is 19.9. The second-order valence-corrected chi connectivity index (χ2v) is 15.0. The van der Waals surface area contributed by atoms with E-state index in [0.29, 0.717) is 0 Å². The van der Waals surface area contributed by atoms with Crippen molar-refractivity contribution >= 4 is 60.4 Å². The molecule has 0 saturated heterocycles. The van der Waals surface area contributed by atoms with Gasteiger partial charge in [-0.3, -0.25) is 0 Å². The van der Waals surface area contributed by atoms with Gasteiger partial charge in [0.25, 0.3) is 0 Å². The maximum absolute atomic E-state index is 2.39. The van der Waals surface area contributed by atoms with Crippen molar-refractivity contribution in [2.75, 3.05) is 4.90 Å². The highest BCUT2D eigenvalue weighted by atomic mass is 15.1. The Morgan fingerprint density at radius 2 is 0.879 bits per heavy atom. The summed E-state index contributed by atoms with van der Waals surface area (Å²) in [4.78, 5) is 2.38. The Morgan fingerprint density at radius 1 is 0.293 bits per heavy atom. The van der Waals surface area contributed by atoms with E-state index in [4.69, 9.17) is 0 Å². The number of hydrogen-bond donors (Lipinski definition) is 0. The highest BCUT2D eigenvalue weighted by molar-refractivity contribution is 6.16. The van der Waals surface area contributed by atoms with Crippen molar-refractivity contribution < 1.29 is 0 Å². The molecular weight excluding hydrogens is 701 g/mol. The van der Waals surface area contributed by atoms with Gasteiger partial charge in [-0.25, -0.2) is 0 Å². The normalized spacial score (nSPS) is 11.4. The molecule has 58 heavy (non-hydrogen) atoms. The van der Waals surface area contributed by atoms with Gasteiger partial charge in [-0.2, -0.15) is 0 Å². The van der Waals surface area contributed by atoms with Crippen LogP contribution in [-0.2, 0) is 0 Å². The fraction of sp³-hybridized carbons (Fsp3) is 0. The molecule has 0 bridgehead atoms. The lowest BCUT2D eigenvalue weighted by Crippen LogP contribution is -2.10. The molecule has 2 heteroatoms. The summed E-state index contributed by atoms with van der Waals surface area (Å²) in [5.74, 6) is 0. The number of rotatable bonds is 7. The Kier molecular flexibility index (Phi) is 8.19. The largest absolute Gasteiger partial charge is 0.310 e. The number of para-hydroxylation sites is 2. The van der Waals surface area contributed by atoms with Crippen molar-refractivity contribution in [3.8, 4) is 39.1 Å². The molecular formula is C56H38N2. The van der Waals surface area contributed by atoms with Crippen LogP contribution in [0, 0.1) is 0 Å². The average molecular weight is 739 g/mol. The molecule has 0 radical (unpaired) electrons. The smallest absolute Gasteiger partial charge is 0.0547 e. The monoisotopic (exact) mass is 738 g/mol. The standard InChI is InChI=1S/C56H38N2/c1-2-18-46(19-3-1)58-54-25-9-8-22-53(54)56-52(24-12-26-55(56)58)45-17-10-20-49(38-45)57(47-33-29-40(30-34-47)44-28-27-39-13-4-5-15-43(39)37-44)48-35-31-42(32-36-48)51-23-11-16-41-14-6-7-21-50(41)51/h1-38H. The molecule has 2 nitrogen and oxygen atoms in total. The summed E-state index contributed by atoms with van der Waals surface area (Å²) in [6, 6.07) is 83.7. The molecule has 1 aromatic heterocycles. The van der Waals surface area contributed by atoms with Crippen molar-refractivity contribution in [2.24, 2.45) is 0 Å². The number of fused-ring (bicyclic) bond motifs is 5. The maximum Gasteiger partial charge on any atom is 0.0547 e. The third kappa shape index (κ3) is 5.82. The van der Waals surface area contributed by atoms with Crippen molar-refractivity contribution in [3.63, 3.8) is 0 Å². The minimum Gasteiger partial charge on any atom is -0.310 e. The van der Waals surface area contributed by atoms with Gasteiger partial charge in [0.05, 0.1) is 11.0 Å². The van der Waals surface area contributed by atoms with Gasteiger partial charge < -0.3 is 9.47 Å². The summed E-state index contributed by atoms with van der Waals surface area (Å²) in [5.41, 5.74) is 14.1. The van der Waals surface area contributed by atoms with Crippen LogP contribution in [-0.4, -0.2) is 4.57 Å². The van der Waals surface area contributed by atoms with Gasteiger partial charge in [0.15, 0.2) is 0 Å². The summed E-state index contributed by atoms with van der Waals surface area (Å²) in [7, 11) is 0. The Morgan fingerprint density at radius 3 is 1.69 bits per heavy atom. The number of hydrogen-bond acceptors (Lipinski definition) is 1. The van der Waals surface area contributed by atoms with E-state index in [1.807, 2.05) is 0 Å². The Balaban J connectivity index is 1.05. The first-order valence-electron chi connectivity index (χ1n) is 19.9. The number of nitrogens with zero attached hydrogens (tertiary/aromatic N) is 2. The van der Waals surface area contributed by atoms with Gasteiger partial charge in [-0.05, 0) is 122 Å². The summed E-state index contributed by atoms with van der Waals surface area (Å²) >= 11 is 0. The maximum atomic E-state index is 2.39. The van der Waals surface area contributed by atoms with Crippen molar-refractivity contribution in [1.82, 2.24) is 4.57 Å². The molecule has 0 aliphatic heterocycles. The first kappa shape index (κ1) is 33.6. The van der Waals surface area contributed by atoms with Crippen molar-refractivity contribution in [2.45, 2.75) is 0 Å². The number of aromatic nitrogens is 1. The van der Waals surface area contributed by atoms with Crippen LogP contribution in [0.15, 0.2) is 231 Å². The molecule has 0 aliphatic carbocycles. The highest BCUT2D eigenvalue weighted by Crippen LogP contribution is 2.42. The van der Waals surface area contributed by atoms with Crippen LogP contribution >= 0.6 is 0 Å². The zero-order chi connectivity index (χ0) is 38.4. The predicted molar refractivity (Wildman–Crippen MR) is 247 cm³/mol. The van der Waals surface area contributed by atoms with Gasteiger partial charge >= 0.3 is 0 Å². The van der Waals surface area contributed by atoms with Crippen LogP contribution in [0.25, 0.3) is 82.4 Å². The van der Waals surface area contributed by atoms with E-state index in [1.54, 1.807) is 0 Å². The minimum atomic E-state index is 1.10. The lowest BCUT2D eigenvalue weighted by atomic mass is 9.97. The first-order chi connectivity index (χ1) is 28.8. The van der Waals surface area contributed by atoms with E-state index >= 15 is 0 Å². The Hall–Kier alpha value is -7.68. The molecule has 272 valence electrons. The molecule has 0 atom stereocenters. The molecule has 0 saturated carbocycles. The van der Waals surface area contributed by atoms with E-state index in [1.165, 1.54) is 76.7 Å². The molecule has 0 unspecified atom stereocenters. The van der Waals surface area contributed by atoms with Gasteiger partial charge in [0.2, 0.25) is 0 Å². The summed E-state index contributed by atoms with van der Waals surface area (Å²) in [6.07, 6.45) is 0. The van der Waals surface area contributed by atoms with Crippen LogP contribution in [0.3, 0.4) is 0 Å². The van der Waals surface area contributed by atoms with E-state index < -0.39 is 0 Å². The second-order valence-electron chi connectivity index (χ2n) is 15.0. The molecule has 11 rings (SSSR count). The van der Waals surface area contributed by atoms with Crippen molar-refractivity contribution in [1.29, 1.82) is 0 Å². The second kappa shape index (κ2) is 14.1. The fourth-order valence-corrected chi connectivity index (χ4v) is 8.81. The fourth-order valence-electron chi connectivity index (χ4n) is 8.81. The third-order valence-electron chi connectivity index (χ3n) is 11.6. The van der Waals surface area contributed by atoms with Crippen LogP contribution < -0.4 is 4.90 Å². The SMILES string of the molecule is c1ccc(-n2c3ccccc3c3c(-c4cccc(N(c5ccc(-c6ccc7ccccc7c6)cc5)c5ccc(-c6cccc7ccccc67)cc5)c4)cccc32)cc1. The van der Waals surface area contributed by atoms with E-state index in [2.05, 4.69) is 240 Å². The molecule has 10 aromatic carbocycles. The van der Waals surface area contributed by atoms with E-state index in [9.17, 15) is 0 Å².